The van der Waals surface area contributed by atoms with Gasteiger partial charge < -0.3 is 19.5 Å². The van der Waals surface area contributed by atoms with E-state index in [1.54, 1.807) is 30.3 Å². The summed E-state index contributed by atoms with van der Waals surface area (Å²) in [5.41, 5.74) is 1.85. The molecule has 216 valence electrons. The zero-order valence-corrected chi connectivity index (χ0v) is 25.3. The number of Topliss-reactive ketones (excluding diaryl/α,β-unsaturated/α-hetero) is 2. The van der Waals surface area contributed by atoms with Crippen LogP contribution in [0.5, 0.6) is 11.5 Å². The molecule has 41 heavy (non-hydrogen) atoms. The highest BCUT2D eigenvalue weighted by Crippen LogP contribution is 2.53. The van der Waals surface area contributed by atoms with Gasteiger partial charge in [0.15, 0.2) is 29.7 Å². The first-order valence-corrected chi connectivity index (χ1v) is 14.3. The van der Waals surface area contributed by atoms with Gasteiger partial charge in [0.1, 0.15) is 11.5 Å². The van der Waals surface area contributed by atoms with E-state index in [0.29, 0.717) is 75.6 Å². The van der Waals surface area contributed by atoms with Crippen LogP contribution in [0.2, 0.25) is 10.0 Å². The molecule has 5 rings (SSSR count). The van der Waals surface area contributed by atoms with Crippen LogP contribution in [-0.2, 0) is 19.1 Å². The minimum Gasteiger partial charge on any atom is -0.493 e. The quantitative estimate of drug-likeness (QED) is 0.372. The van der Waals surface area contributed by atoms with Crippen molar-refractivity contribution in [2.24, 2.45) is 10.8 Å². The maximum absolute atomic E-state index is 13.5. The fourth-order valence-corrected chi connectivity index (χ4v) is 6.20. The third kappa shape index (κ3) is 6.02. The van der Waals surface area contributed by atoms with Gasteiger partial charge in [0.2, 0.25) is 0 Å². The summed E-state index contributed by atoms with van der Waals surface area (Å²) in [6.07, 6.45) is 1.98. The number of benzene rings is 2. The van der Waals surface area contributed by atoms with E-state index in [1.807, 2.05) is 6.07 Å². The average molecular weight is 599 g/mol. The van der Waals surface area contributed by atoms with E-state index in [0.717, 1.165) is 5.56 Å². The minimum atomic E-state index is -0.554. The van der Waals surface area contributed by atoms with Gasteiger partial charge in [-0.2, -0.15) is 0 Å². The molecule has 1 aliphatic heterocycles. The lowest BCUT2D eigenvalue weighted by Gasteiger charge is -2.42. The number of methoxy groups -OCH3 is 1. The largest absolute Gasteiger partial charge is 0.493 e. The van der Waals surface area contributed by atoms with Crippen LogP contribution in [0.3, 0.4) is 0 Å². The van der Waals surface area contributed by atoms with E-state index in [-0.39, 0.29) is 29.0 Å². The first-order valence-electron chi connectivity index (χ1n) is 13.5. The highest BCUT2D eigenvalue weighted by atomic mass is 35.5. The second-order valence-corrected chi connectivity index (χ2v) is 13.3. The molecule has 0 saturated carbocycles. The number of ketones is 2. The van der Waals surface area contributed by atoms with E-state index in [4.69, 9.17) is 37.4 Å². The number of carbonyl (C=O) groups is 3. The summed E-state index contributed by atoms with van der Waals surface area (Å²) in [5.74, 6) is 1.07. The summed E-state index contributed by atoms with van der Waals surface area (Å²) in [7, 11) is 1.50. The summed E-state index contributed by atoms with van der Waals surface area (Å²) >= 11 is 12.0. The number of halogens is 2. The van der Waals surface area contributed by atoms with Crippen LogP contribution in [0, 0.1) is 10.8 Å². The van der Waals surface area contributed by atoms with Crippen LogP contribution in [0.15, 0.2) is 59.1 Å². The van der Waals surface area contributed by atoms with Crippen molar-refractivity contribution < 1.29 is 28.6 Å². The molecular weight excluding hydrogens is 565 g/mol. The van der Waals surface area contributed by atoms with Crippen molar-refractivity contribution in [1.29, 1.82) is 0 Å². The highest BCUT2D eigenvalue weighted by Gasteiger charge is 2.48. The molecule has 0 bridgehead atoms. The Hall–Kier alpha value is -3.29. The monoisotopic (exact) mass is 597 g/mol. The van der Waals surface area contributed by atoms with Gasteiger partial charge in [-0.05, 0) is 46.7 Å². The molecule has 2 aromatic carbocycles. The predicted octanol–water partition coefficient (Wildman–Crippen LogP) is 7.42. The van der Waals surface area contributed by atoms with Crippen LogP contribution >= 0.6 is 23.2 Å². The number of allylic oxidation sites excluding steroid dienone is 4. The van der Waals surface area contributed by atoms with E-state index in [2.05, 4.69) is 33.0 Å². The van der Waals surface area contributed by atoms with Crippen LogP contribution in [-0.4, -0.2) is 31.2 Å². The zero-order chi connectivity index (χ0) is 29.7. The molecule has 7 nitrogen and oxygen atoms in total. The summed E-state index contributed by atoms with van der Waals surface area (Å²) in [6, 6.07) is 10.1. The van der Waals surface area contributed by atoms with E-state index < -0.39 is 11.8 Å². The smallest absolute Gasteiger partial charge is 0.262 e. The first kappa shape index (κ1) is 29.2. The predicted molar refractivity (Wildman–Crippen MR) is 158 cm³/mol. The molecule has 0 radical (unpaired) electrons. The Bertz CT molecular complexity index is 1470. The SMILES string of the molecule is COc1cc(C2C3=C(CC(C)(C)CC3=O)OC3=C2C(=O)CC(C)(C)C3)ccc1OCC(=O)Nc1ccc(Cl)c(Cl)c1. The summed E-state index contributed by atoms with van der Waals surface area (Å²) in [6.45, 7) is 7.94. The molecule has 1 heterocycles. The first-order chi connectivity index (χ1) is 19.3. The molecule has 2 aromatic rings. The van der Waals surface area contributed by atoms with Crippen LogP contribution in [0.1, 0.15) is 64.9 Å². The van der Waals surface area contributed by atoms with Gasteiger partial charge in [-0.15, -0.1) is 0 Å². The van der Waals surface area contributed by atoms with Crippen molar-refractivity contribution in [2.45, 2.75) is 59.3 Å². The third-order valence-electron chi connectivity index (χ3n) is 7.66. The van der Waals surface area contributed by atoms with Crippen LogP contribution in [0.25, 0.3) is 0 Å². The zero-order valence-electron chi connectivity index (χ0n) is 23.8. The van der Waals surface area contributed by atoms with E-state index in [9.17, 15) is 14.4 Å². The molecule has 0 atom stereocenters. The average Bonchev–Trinajstić information content (AvgIpc) is 2.87. The second kappa shape index (κ2) is 10.8. The summed E-state index contributed by atoms with van der Waals surface area (Å²) in [5, 5.41) is 3.43. The summed E-state index contributed by atoms with van der Waals surface area (Å²) < 4.78 is 17.8. The minimum absolute atomic E-state index is 0.0105. The van der Waals surface area contributed by atoms with Crippen molar-refractivity contribution in [1.82, 2.24) is 0 Å². The van der Waals surface area contributed by atoms with Crippen molar-refractivity contribution >= 4 is 46.4 Å². The highest BCUT2D eigenvalue weighted by molar-refractivity contribution is 6.42. The van der Waals surface area contributed by atoms with Crippen molar-refractivity contribution in [3.8, 4) is 11.5 Å². The molecule has 0 saturated heterocycles. The Morgan fingerprint density at radius 2 is 1.49 bits per heavy atom. The maximum Gasteiger partial charge on any atom is 0.262 e. The number of hydrogen-bond acceptors (Lipinski definition) is 6. The Morgan fingerprint density at radius 1 is 0.878 bits per heavy atom. The molecule has 2 aliphatic carbocycles. The third-order valence-corrected chi connectivity index (χ3v) is 8.40. The Kier molecular flexibility index (Phi) is 7.72. The van der Waals surface area contributed by atoms with Gasteiger partial charge in [0, 0.05) is 48.4 Å². The molecule has 1 amide bonds. The molecular formula is C32H33Cl2NO6. The summed E-state index contributed by atoms with van der Waals surface area (Å²) in [4.78, 5) is 39.6. The van der Waals surface area contributed by atoms with E-state index >= 15 is 0 Å². The Morgan fingerprint density at radius 3 is 2.05 bits per heavy atom. The van der Waals surface area contributed by atoms with Crippen molar-refractivity contribution in [3.05, 3.63) is 74.7 Å². The molecule has 0 unspecified atom stereocenters. The van der Waals surface area contributed by atoms with Gasteiger partial charge in [0.05, 0.1) is 17.2 Å². The number of rotatable bonds is 6. The molecule has 0 fully saturated rings. The lowest BCUT2D eigenvalue weighted by Crippen LogP contribution is -2.37. The topological polar surface area (TPSA) is 90.9 Å². The van der Waals surface area contributed by atoms with Crippen molar-refractivity contribution in [3.63, 3.8) is 0 Å². The number of amides is 1. The maximum atomic E-state index is 13.5. The number of ether oxygens (including phenoxy) is 3. The number of anilines is 1. The number of hydrogen-bond donors (Lipinski definition) is 1. The van der Waals surface area contributed by atoms with Crippen LogP contribution in [0.4, 0.5) is 5.69 Å². The number of carbonyl (C=O) groups excluding carboxylic acids is 3. The molecule has 0 aromatic heterocycles. The molecule has 9 heteroatoms. The van der Waals surface area contributed by atoms with Gasteiger partial charge >= 0.3 is 0 Å². The fourth-order valence-electron chi connectivity index (χ4n) is 5.91. The van der Waals surface area contributed by atoms with E-state index in [1.165, 1.54) is 7.11 Å². The fraction of sp³-hybridized carbons (Fsp3) is 0.406. The van der Waals surface area contributed by atoms with Gasteiger partial charge in [-0.1, -0.05) is 57.0 Å². The van der Waals surface area contributed by atoms with Gasteiger partial charge in [0.25, 0.3) is 5.91 Å². The lowest BCUT2D eigenvalue weighted by molar-refractivity contribution is -0.120. The Balaban J connectivity index is 1.45. The van der Waals surface area contributed by atoms with Crippen LogP contribution < -0.4 is 14.8 Å². The molecule has 0 spiro atoms. The standard InChI is InChI=1S/C32H33Cl2NO6/c1-31(2)12-21(36)29-25(14-31)41-26-15-32(3,4)13-22(37)30(26)28(29)17-6-9-23(24(10-17)39-5)40-16-27(38)35-18-7-8-19(33)20(34)11-18/h6-11,28H,12-16H2,1-5H3,(H,35,38). The number of nitrogens with one attached hydrogen (secondary N) is 1. The molecule has 1 N–H and O–H groups in total. The Labute approximate surface area is 249 Å². The second-order valence-electron chi connectivity index (χ2n) is 12.5. The van der Waals surface area contributed by atoms with Crippen molar-refractivity contribution in [2.75, 3.05) is 19.0 Å². The normalized spacial score (nSPS) is 19.8. The van der Waals surface area contributed by atoms with Gasteiger partial charge in [-0.3, -0.25) is 14.4 Å². The lowest BCUT2D eigenvalue weighted by atomic mass is 9.65. The molecule has 3 aliphatic rings. The van der Waals surface area contributed by atoms with Gasteiger partial charge in [-0.25, -0.2) is 0 Å².